The van der Waals surface area contributed by atoms with Crippen molar-refractivity contribution in [2.45, 2.75) is 19.3 Å². The number of nitrogens with two attached hydrogens (primary N) is 1. The molecule has 0 spiro atoms. The fourth-order valence-electron chi connectivity index (χ4n) is 2.16. The van der Waals surface area contributed by atoms with E-state index < -0.39 is 0 Å². The van der Waals surface area contributed by atoms with Gasteiger partial charge in [0, 0.05) is 17.2 Å². The van der Waals surface area contributed by atoms with Crippen LogP contribution in [0, 0.1) is 5.92 Å². The van der Waals surface area contributed by atoms with Crippen molar-refractivity contribution in [1.29, 1.82) is 0 Å². The Kier molecular flexibility index (Phi) is 3.57. The molecular formula is C13H18N2O. The molecule has 2 rings (SSSR count). The summed E-state index contributed by atoms with van der Waals surface area (Å²) in [5.74, 6) is 0.447. The molecular weight excluding hydrogens is 200 g/mol. The van der Waals surface area contributed by atoms with E-state index in [2.05, 4.69) is 5.32 Å². The highest BCUT2D eigenvalue weighted by Crippen LogP contribution is 2.19. The van der Waals surface area contributed by atoms with Gasteiger partial charge in [-0.15, -0.1) is 0 Å². The van der Waals surface area contributed by atoms with Gasteiger partial charge in [0.1, 0.15) is 0 Å². The summed E-state index contributed by atoms with van der Waals surface area (Å²) < 4.78 is 0. The van der Waals surface area contributed by atoms with Crippen LogP contribution in [0.1, 0.15) is 29.6 Å². The summed E-state index contributed by atoms with van der Waals surface area (Å²) in [4.78, 5) is 12.2. The lowest BCUT2D eigenvalue weighted by atomic mass is 9.91. The van der Waals surface area contributed by atoms with Crippen LogP contribution < -0.4 is 11.1 Å². The van der Waals surface area contributed by atoms with Gasteiger partial charge >= 0.3 is 0 Å². The number of carbonyl (C=O) groups is 1. The monoisotopic (exact) mass is 218 g/mol. The Bertz CT molecular complexity index is 351. The van der Waals surface area contributed by atoms with E-state index in [0.29, 0.717) is 5.69 Å². The van der Waals surface area contributed by atoms with E-state index in [4.69, 9.17) is 5.73 Å². The molecule has 1 saturated heterocycles. The van der Waals surface area contributed by atoms with Crippen LogP contribution in [0.25, 0.3) is 0 Å². The Labute approximate surface area is 96.0 Å². The number of nitrogens with one attached hydrogen (secondary N) is 1. The minimum absolute atomic E-state index is 0.179. The predicted molar refractivity (Wildman–Crippen MR) is 65.4 cm³/mol. The maximum absolute atomic E-state index is 12.2. The van der Waals surface area contributed by atoms with Gasteiger partial charge in [-0.1, -0.05) is 0 Å². The van der Waals surface area contributed by atoms with Crippen LogP contribution in [0.2, 0.25) is 0 Å². The zero-order valence-electron chi connectivity index (χ0n) is 9.41. The lowest BCUT2D eigenvalue weighted by molar-refractivity contribution is 0.0910. The van der Waals surface area contributed by atoms with E-state index in [1.54, 1.807) is 12.1 Å². The molecule has 1 unspecified atom stereocenters. The molecule has 1 aliphatic rings. The molecule has 3 nitrogen and oxygen atoms in total. The molecule has 1 aliphatic heterocycles. The van der Waals surface area contributed by atoms with Gasteiger partial charge < -0.3 is 11.1 Å². The van der Waals surface area contributed by atoms with E-state index >= 15 is 0 Å². The lowest BCUT2D eigenvalue weighted by Gasteiger charge is -2.12. The Balaban J connectivity index is 2.08. The average molecular weight is 218 g/mol. The first kappa shape index (κ1) is 11.1. The van der Waals surface area contributed by atoms with Crippen LogP contribution in [0.5, 0.6) is 0 Å². The van der Waals surface area contributed by atoms with Crippen LogP contribution in [0.3, 0.4) is 0 Å². The van der Waals surface area contributed by atoms with Crippen molar-refractivity contribution in [2.24, 2.45) is 5.92 Å². The standard InChI is InChI=1S/C13H18N2O/c14-12-5-3-11(4-6-12)13(16)10-2-1-8-15-9-7-10/h3-6,10,15H,1-2,7-9,14H2. The van der Waals surface area contributed by atoms with Crippen molar-refractivity contribution < 1.29 is 4.79 Å². The molecule has 1 atom stereocenters. The summed E-state index contributed by atoms with van der Waals surface area (Å²) in [6.07, 6.45) is 3.03. The Morgan fingerprint density at radius 2 is 1.94 bits per heavy atom. The molecule has 86 valence electrons. The molecule has 0 aliphatic carbocycles. The first-order valence-corrected chi connectivity index (χ1v) is 5.88. The van der Waals surface area contributed by atoms with Gasteiger partial charge in [-0.3, -0.25) is 4.79 Å². The zero-order chi connectivity index (χ0) is 11.4. The highest BCUT2D eigenvalue weighted by atomic mass is 16.1. The third-order valence-corrected chi connectivity index (χ3v) is 3.14. The second kappa shape index (κ2) is 5.12. The molecule has 0 bridgehead atoms. The van der Waals surface area contributed by atoms with Gasteiger partial charge in [0.25, 0.3) is 0 Å². The van der Waals surface area contributed by atoms with E-state index in [1.165, 1.54) is 0 Å². The summed E-state index contributed by atoms with van der Waals surface area (Å²) in [5, 5.41) is 3.32. The first-order chi connectivity index (χ1) is 7.77. The minimum atomic E-state index is 0.179. The number of anilines is 1. The molecule has 0 amide bonds. The fourth-order valence-corrected chi connectivity index (χ4v) is 2.16. The summed E-state index contributed by atoms with van der Waals surface area (Å²) in [7, 11) is 0. The summed E-state index contributed by atoms with van der Waals surface area (Å²) in [6.45, 7) is 1.98. The molecule has 1 heterocycles. The van der Waals surface area contributed by atoms with Crippen molar-refractivity contribution >= 4 is 11.5 Å². The SMILES string of the molecule is Nc1ccc(C(=O)C2CCCNCC2)cc1. The molecule has 3 heteroatoms. The Hall–Kier alpha value is -1.35. The number of benzene rings is 1. The number of hydrogen-bond donors (Lipinski definition) is 2. The van der Waals surface area contributed by atoms with Crippen LogP contribution >= 0.6 is 0 Å². The molecule has 3 N–H and O–H groups in total. The van der Waals surface area contributed by atoms with Gasteiger partial charge in [-0.05, 0) is 56.6 Å². The third-order valence-electron chi connectivity index (χ3n) is 3.14. The number of ketones is 1. The molecule has 16 heavy (non-hydrogen) atoms. The van der Waals surface area contributed by atoms with Crippen molar-refractivity contribution in [3.05, 3.63) is 29.8 Å². The number of rotatable bonds is 2. The second-order valence-corrected chi connectivity index (χ2v) is 4.36. The summed E-state index contributed by atoms with van der Waals surface area (Å²) in [6, 6.07) is 7.25. The molecule has 0 radical (unpaired) electrons. The third kappa shape index (κ3) is 2.61. The number of nitrogen functional groups attached to an aromatic ring is 1. The predicted octanol–water partition coefficient (Wildman–Crippen LogP) is 1.84. The van der Waals surface area contributed by atoms with Crippen LogP contribution in [-0.2, 0) is 0 Å². The van der Waals surface area contributed by atoms with Crippen LogP contribution in [-0.4, -0.2) is 18.9 Å². The van der Waals surface area contributed by atoms with E-state index in [1.807, 2.05) is 12.1 Å². The lowest BCUT2D eigenvalue weighted by Crippen LogP contribution is -2.18. The second-order valence-electron chi connectivity index (χ2n) is 4.36. The summed E-state index contributed by atoms with van der Waals surface area (Å²) in [5.41, 5.74) is 7.11. The zero-order valence-corrected chi connectivity index (χ0v) is 9.41. The van der Waals surface area contributed by atoms with Crippen LogP contribution in [0.15, 0.2) is 24.3 Å². The van der Waals surface area contributed by atoms with Gasteiger partial charge in [-0.2, -0.15) is 0 Å². The van der Waals surface area contributed by atoms with E-state index in [0.717, 1.165) is 37.9 Å². The first-order valence-electron chi connectivity index (χ1n) is 5.88. The summed E-state index contributed by atoms with van der Waals surface area (Å²) >= 11 is 0. The number of hydrogen-bond acceptors (Lipinski definition) is 3. The molecule has 1 fully saturated rings. The maximum Gasteiger partial charge on any atom is 0.165 e. The maximum atomic E-state index is 12.2. The smallest absolute Gasteiger partial charge is 0.165 e. The minimum Gasteiger partial charge on any atom is -0.399 e. The highest BCUT2D eigenvalue weighted by Gasteiger charge is 2.20. The highest BCUT2D eigenvalue weighted by molar-refractivity contribution is 5.98. The van der Waals surface area contributed by atoms with E-state index in [9.17, 15) is 4.79 Å². The Morgan fingerprint density at radius 1 is 1.19 bits per heavy atom. The average Bonchev–Trinajstić information content (AvgIpc) is 2.57. The van der Waals surface area contributed by atoms with Crippen molar-refractivity contribution in [3.63, 3.8) is 0 Å². The van der Waals surface area contributed by atoms with Crippen LogP contribution in [0.4, 0.5) is 5.69 Å². The van der Waals surface area contributed by atoms with E-state index in [-0.39, 0.29) is 11.7 Å². The normalized spacial score (nSPS) is 21.4. The largest absolute Gasteiger partial charge is 0.399 e. The van der Waals surface area contributed by atoms with Gasteiger partial charge in [0.05, 0.1) is 0 Å². The molecule has 0 saturated carbocycles. The van der Waals surface area contributed by atoms with Crippen molar-refractivity contribution in [2.75, 3.05) is 18.8 Å². The number of carbonyl (C=O) groups excluding carboxylic acids is 1. The quantitative estimate of drug-likeness (QED) is 0.588. The van der Waals surface area contributed by atoms with Gasteiger partial charge in [0.15, 0.2) is 5.78 Å². The van der Waals surface area contributed by atoms with Crippen molar-refractivity contribution in [1.82, 2.24) is 5.32 Å². The topological polar surface area (TPSA) is 55.1 Å². The molecule has 1 aromatic carbocycles. The van der Waals surface area contributed by atoms with Gasteiger partial charge in [0.2, 0.25) is 0 Å². The Morgan fingerprint density at radius 3 is 2.69 bits per heavy atom. The molecule has 0 aromatic heterocycles. The fraction of sp³-hybridized carbons (Fsp3) is 0.462. The van der Waals surface area contributed by atoms with Gasteiger partial charge in [-0.25, -0.2) is 0 Å². The number of Topliss-reactive ketones (excluding diaryl/α,β-unsaturated/α-hetero) is 1. The molecule has 1 aromatic rings. The van der Waals surface area contributed by atoms with Crippen molar-refractivity contribution in [3.8, 4) is 0 Å².